The molecule has 1 atom stereocenters. The molecule has 0 saturated carbocycles. The molecule has 0 N–H and O–H groups in total. The van der Waals surface area contributed by atoms with Crippen molar-refractivity contribution in [1.82, 2.24) is 29.6 Å². The van der Waals surface area contributed by atoms with Crippen LogP contribution in [0.2, 0.25) is 0 Å². The second kappa shape index (κ2) is 9.87. The van der Waals surface area contributed by atoms with Crippen LogP contribution in [0, 0.1) is 6.92 Å². The fourth-order valence-electron chi connectivity index (χ4n) is 3.63. The molecule has 0 fully saturated rings. The van der Waals surface area contributed by atoms with Crippen LogP contribution in [0.25, 0.3) is 10.9 Å². The van der Waals surface area contributed by atoms with E-state index < -0.39 is 0 Å². The number of aromatic nitrogens is 2. The highest BCUT2D eigenvalue weighted by Gasteiger charge is 2.40. The summed E-state index contributed by atoms with van der Waals surface area (Å²) in [6, 6.07) is 7.78. The number of nitrogens with zero attached hydrogens (tertiary/aromatic N) is 6. The molecular weight excluding hydrogens is 496 g/mol. The Morgan fingerprint density at radius 2 is 1.97 bits per heavy atom. The maximum Gasteiger partial charge on any atom is 0.274 e. The largest absolute Gasteiger partial charge is 0.333 e. The molecule has 0 spiro atoms. The van der Waals surface area contributed by atoms with Crippen molar-refractivity contribution >= 4 is 50.8 Å². The van der Waals surface area contributed by atoms with Gasteiger partial charge in [-0.3, -0.25) is 9.59 Å². The molecule has 3 rings (SSSR count). The van der Waals surface area contributed by atoms with Crippen LogP contribution in [0.15, 0.2) is 46.9 Å². The van der Waals surface area contributed by atoms with Crippen molar-refractivity contribution in [2.24, 2.45) is 0 Å². The average molecular weight is 522 g/mol. The molecule has 1 aliphatic heterocycles. The van der Waals surface area contributed by atoms with E-state index in [1.807, 2.05) is 54.1 Å². The second-order valence-electron chi connectivity index (χ2n) is 7.66. The van der Waals surface area contributed by atoms with Crippen molar-refractivity contribution in [3.8, 4) is 0 Å². The van der Waals surface area contributed by atoms with Crippen LogP contribution >= 0.6 is 27.5 Å². The molecule has 1 aliphatic rings. The van der Waals surface area contributed by atoms with Gasteiger partial charge in [-0.2, -0.15) is 0 Å². The van der Waals surface area contributed by atoms with E-state index in [0.717, 1.165) is 16.6 Å². The molecule has 170 valence electrons. The van der Waals surface area contributed by atoms with Crippen molar-refractivity contribution in [3.63, 3.8) is 0 Å². The summed E-state index contributed by atoms with van der Waals surface area (Å²) in [4.78, 5) is 41.0. The van der Waals surface area contributed by atoms with Gasteiger partial charge in [0.1, 0.15) is 17.3 Å². The third kappa shape index (κ3) is 4.73. The summed E-state index contributed by atoms with van der Waals surface area (Å²) in [6.07, 6.45) is 2.50. The Hall–Kier alpha value is -2.65. The van der Waals surface area contributed by atoms with Gasteiger partial charge in [0.2, 0.25) is 6.41 Å². The van der Waals surface area contributed by atoms with Gasteiger partial charge in [0.05, 0.1) is 12.1 Å². The Morgan fingerprint density at radius 1 is 1.28 bits per heavy atom. The summed E-state index contributed by atoms with van der Waals surface area (Å²) in [5.41, 5.74) is 2.08. The first-order chi connectivity index (χ1) is 15.1. The van der Waals surface area contributed by atoms with Gasteiger partial charge in [0, 0.05) is 43.8 Å². The summed E-state index contributed by atoms with van der Waals surface area (Å²) < 4.78 is 0. The Morgan fingerprint density at radius 3 is 2.62 bits per heavy atom. The molecule has 2 aromatic rings. The zero-order valence-electron chi connectivity index (χ0n) is 18.7. The minimum absolute atomic E-state index is 0.223. The summed E-state index contributed by atoms with van der Waals surface area (Å²) in [5, 5.41) is 1.28. The van der Waals surface area contributed by atoms with E-state index in [4.69, 9.17) is 11.6 Å². The average Bonchev–Trinajstić information content (AvgIpc) is 3.01. The monoisotopic (exact) mass is 520 g/mol. The third-order valence-electron chi connectivity index (χ3n) is 5.24. The molecule has 0 bridgehead atoms. The molecule has 10 heteroatoms. The van der Waals surface area contributed by atoms with E-state index >= 15 is 0 Å². The number of hydrogen-bond acceptors (Lipinski definition) is 6. The summed E-state index contributed by atoms with van der Waals surface area (Å²) >= 11 is 9.66. The molecule has 2 heterocycles. The lowest BCUT2D eigenvalue weighted by atomic mass is 10.2. The molecule has 1 unspecified atom stereocenters. The number of halogens is 2. The first kappa shape index (κ1) is 24.0. The van der Waals surface area contributed by atoms with Crippen molar-refractivity contribution in [2.45, 2.75) is 25.5 Å². The molecule has 8 nitrogen and oxygen atoms in total. The van der Waals surface area contributed by atoms with Crippen LogP contribution in [0.5, 0.6) is 0 Å². The summed E-state index contributed by atoms with van der Waals surface area (Å²) in [7, 11) is 5.13. The molecule has 32 heavy (non-hydrogen) atoms. The van der Waals surface area contributed by atoms with Crippen LogP contribution in [-0.2, 0) is 16.1 Å². The molecule has 0 saturated heterocycles. The quantitative estimate of drug-likeness (QED) is 0.316. The van der Waals surface area contributed by atoms with Gasteiger partial charge >= 0.3 is 0 Å². The van der Waals surface area contributed by atoms with Gasteiger partial charge in [0.25, 0.3) is 5.91 Å². The maximum absolute atomic E-state index is 13.6. The van der Waals surface area contributed by atoms with Crippen molar-refractivity contribution in [1.29, 1.82) is 0 Å². The number of hydrogen-bond donors (Lipinski definition) is 0. The van der Waals surface area contributed by atoms with Gasteiger partial charge in [0.15, 0.2) is 5.08 Å². The topological polar surface area (TPSA) is 72.9 Å². The van der Waals surface area contributed by atoms with Crippen LogP contribution < -0.4 is 0 Å². The minimum atomic E-state index is -0.321. The number of fused-ring (bicyclic) bond motifs is 1. The number of carbonyl (C=O) groups is 2. The standard InChI is InChI=1S/C22H26BrClN6O2/c1-14(24)10-11-30-19(20(28(4)13-31)29(5)22(30)23)21(32)27(3)12-18-25-15(2)16-8-6-7-9-17(16)26-18/h6-10,13,22H,11-12H2,1-5H3/b14-10-. The number of allylic oxidation sites excluding steroid dienone is 1. The number of para-hydroxylation sites is 1. The number of amides is 2. The first-order valence-electron chi connectivity index (χ1n) is 10.0. The smallest absolute Gasteiger partial charge is 0.274 e. The lowest BCUT2D eigenvalue weighted by Crippen LogP contribution is -2.38. The van der Waals surface area contributed by atoms with Crippen molar-refractivity contribution < 1.29 is 9.59 Å². The fraction of sp³-hybridized carbons (Fsp3) is 0.364. The zero-order chi connectivity index (χ0) is 23.6. The Bertz CT molecular complexity index is 1100. The van der Waals surface area contributed by atoms with Gasteiger partial charge in [-0.1, -0.05) is 35.9 Å². The van der Waals surface area contributed by atoms with Crippen molar-refractivity contribution in [3.05, 3.63) is 58.4 Å². The Balaban J connectivity index is 1.96. The number of rotatable bonds is 7. The lowest BCUT2D eigenvalue weighted by molar-refractivity contribution is -0.128. The van der Waals surface area contributed by atoms with E-state index in [1.165, 1.54) is 4.90 Å². The normalized spacial score (nSPS) is 16.7. The molecular formula is C22H26BrClN6O2. The first-order valence-corrected chi connectivity index (χ1v) is 11.3. The molecule has 1 aromatic heterocycles. The fourth-order valence-corrected chi connectivity index (χ4v) is 4.26. The summed E-state index contributed by atoms with van der Waals surface area (Å²) in [5.74, 6) is 0.792. The highest BCUT2D eigenvalue weighted by atomic mass is 79.9. The second-order valence-corrected chi connectivity index (χ2v) is 9.07. The number of aryl methyl sites for hydroxylation is 1. The van der Waals surface area contributed by atoms with E-state index in [-0.39, 0.29) is 17.5 Å². The predicted molar refractivity (Wildman–Crippen MR) is 128 cm³/mol. The molecule has 1 aromatic carbocycles. The zero-order valence-corrected chi connectivity index (χ0v) is 21.1. The summed E-state index contributed by atoms with van der Waals surface area (Å²) in [6.45, 7) is 4.33. The number of carbonyl (C=O) groups excluding carboxylic acids is 2. The van der Waals surface area contributed by atoms with E-state index in [2.05, 4.69) is 25.9 Å². The van der Waals surface area contributed by atoms with Gasteiger partial charge in [-0.05, 0) is 35.8 Å². The van der Waals surface area contributed by atoms with Crippen LogP contribution in [0.3, 0.4) is 0 Å². The molecule has 0 radical (unpaired) electrons. The minimum Gasteiger partial charge on any atom is -0.333 e. The van der Waals surface area contributed by atoms with Crippen LogP contribution in [0.4, 0.5) is 0 Å². The Labute approximate surface area is 201 Å². The SMILES string of the molecule is C/C(Cl)=C/CN1C(C(=O)N(C)Cc2nc(C)c3ccccc3n2)=C(N(C)C=O)N(C)C1Br. The van der Waals surface area contributed by atoms with Crippen LogP contribution in [0.1, 0.15) is 18.4 Å². The van der Waals surface area contributed by atoms with E-state index in [0.29, 0.717) is 35.3 Å². The van der Waals surface area contributed by atoms with Crippen molar-refractivity contribution in [2.75, 3.05) is 27.7 Å². The number of benzene rings is 1. The van der Waals surface area contributed by atoms with E-state index in [9.17, 15) is 9.59 Å². The van der Waals surface area contributed by atoms with Gasteiger partial charge in [-0.25, -0.2) is 9.97 Å². The maximum atomic E-state index is 13.6. The van der Waals surface area contributed by atoms with Crippen LogP contribution in [-0.4, -0.2) is 74.6 Å². The Kier molecular flexibility index (Phi) is 7.40. The lowest BCUT2D eigenvalue weighted by Gasteiger charge is -2.28. The predicted octanol–water partition coefficient (Wildman–Crippen LogP) is 3.22. The molecule has 2 amide bonds. The number of likely N-dealkylation sites (N-methyl/N-ethyl adjacent to an activating group) is 1. The van der Waals surface area contributed by atoms with E-state index in [1.54, 1.807) is 25.9 Å². The number of alkyl halides is 1. The molecule has 0 aliphatic carbocycles. The van der Waals surface area contributed by atoms with Gasteiger partial charge < -0.3 is 19.6 Å². The van der Waals surface area contributed by atoms with Gasteiger partial charge in [-0.15, -0.1) is 0 Å². The third-order valence-corrected chi connectivity index (χ3v) is 6.50. The highest BCUT2D eigenvalue weighted by molar-refractivity contribution is 9.09. The highest BCUT2D eigenvalue weighted by Crippen LogP contribution is 2.33.